The summed E-state index contributed by atoms with van der Waals surface area (Å²) >= 11 is 6.41. The van der Waals surface area contributed by atoms with Crippen molar-refractivity contribution in [3.8, 4) is 11.5 Å². The predicted octanol–water partition coefficient (Wildman–Crippen LogP) is 5.59. The summed E-state index contributed by atoms with van der Waals surface area (Å²) in [5.74, 6) is 1.39. The lowest BCUT2D eigenvalue weighted by Gasteiger charge is -2.16. The van der Waals surface area contributed by atoms with E-state index in [4.69, 9.17) is 21.1 Å². The number of halogens is 2. The van der Waals surface area contributed by atoms with Gasteiger partial charge in [-0.15, -0.1) is 0 Å². The summed E-state index contributed by atoms with van der Waals surface area (Å²) in [7, 11) is 0. The molecule has 5 heteroatoms. The Morgan fingerprint density at radius 1 is 1.15 bits per heavy atom. The van der Waals surface area contributed by atoms with E-state index in [9.17, 15) is 4.39 Å². The van der Waals surface area contributed by atoms with Crippen molar-refractivity contribution in [1.82, 2.24) is 5.32 Å². The first-order chi connectivity index (χ1) is 12.5. The predicted molar refractivity (Wildman–Crippen MR) is 105 cm³/mol. The summed E-state index contributed by atoms with van der Waals surface area (Å²) in [5, 5.41) is 3.88. The topological polar surface area (TPSA) is 30.5 Å². The number of hydrogen-bond acceptors (Lipinski definition) is 3. The summed E-state index contributed by atoms with van der Waals surface area (Å²) in [6, 6.07) is 10.3. The van der Waals surface area contributed by atoms with Crippen molar-refractivity contribution < 1.29 is 13.9 Å². The Hall–Kier alpha value is -1.78. The first-order valence-electron chi connectivity index (χ1n) is 9.03. The van der Waals surface area contributed by atoms with Gasteiger partial charge in [0.2, 0.25) is 0 Å². The minimum Gasteiger partial charge on any atom is -0.490 e. The molecule has 26 heavy (non-hydrogen) atoms. The highest BCUT2D eigenvalue weighted by atomic mass is 35.5. The Morgan fingerprint density at radius 2 is 1.92 bits per heavy atom. The standard InChI is InChI=1S/C21H27ClFNO2/c1-4-25-20-12-16(13-24-10-9-15(2)3)11-18(22)21(20)26-14-17-7-5-6-8-19(17)23/h5-8,11-12,15,24H,4,9-10,13-14H2,1-3H3. The zero-order chi connectivity index (χ0) is 18.9. The molecular formula is C21H27ClFNO2. The van der Waals surface area contributed by atoms with Gasteiger partial charge in [0.15, 0.2) is 11.5 Å². The van der Waals surface area contributed by atoms with Gasteiger partial charge in [-0.25, -0.2) is 4.39 Å². The highest BCUT2D eigenvalue weighted by molar-refractivity contribution is 6.32. The first kappa shape index (κ1) is 20.5. The zero-order valence-electron chi connectivity index (χ0n) is 15.6. The lowest BCUT2D eigenvalue weighted by atomic mass is 10.1. The van der Waals surface area contributed by atoms with Crippen LogP contribution in [-0.2, 0) is 13.2 Å². The first-order valence-corrected chi connectivity index (χ1v) is 9.41. The average Bonchev–Trinajstić information content (AvgIpc) is 2.59. The van der Waals surface area contributed by atoms with Crippen LogP contribution in [0.1, 0.15) is 38.3 Å². The average molecular weight is 380 g/mol. The molecule has 0 amide bonds. The largest absolute Gasteiger partial charge is 0.490 e. The minimum absolute atomic E-state index is 0.0957. The third kappa shape index (κ3) is 6.19. The molecule has 0 saturated heterocycles. The van der Waals surface area contributed by atoms with Crippen LogP contribution >= 0.6 is 11.6 Å². The van der Waals surface area contributed by atoms with Crippen LogP contribution in [0, 0.1) is 11.7 Å². The van der Waals surface area contributed by atoms with Crippen molar-refractivity contribution in [3.05, 3.63) is 58.4 Å². The Morgan fingerprint density at radius 3 is 2.62 bits per heavy atom. The molecule has 0 aliphatic rings. The van der Waals surface area contributed by atoms with Crippen LogP contribution in [0.5, 0.6) is 11.5 Å². The van der Waals surface area contributed by atoms with Gasteiger partial charge in [0.25, 0.3) is 0 Å². The molecule has 0 radical (unpaired) electrons. The summed E-state index contributed by atoms with van der Waals surface area (Å²) in [5.41, 5.74) is 1.51. The third-order valence-corrected chi connectivity index (χ3v) is 4.21. The van der Waals surface area contributed by atoms with Crippen molar-refractivity contribution in [2.24, 2.45) is 5.92 Å². The normalized spacial score (nSPS) is 11.0. The van der Waals surface area contributed by atoms with Crippen LogP contribution in [0.15, 0.2) is 36.4 Å². The van der Waals surface area contributed by atoms with E-state index < -0.39 is 0 Å². The minimum atomic E-state index is -0.299. The Kier molecular flexibility index (Phi) is 8.20. The van der Waals surface area contributed by atoms with E-state index in [-0.39, 0.29) is 12.4 Å². The molecule has 2 aromatic carbocycles. The molecule has 0 bridgehead atoms. The quantitative estimate of drug-likeness (QED) is 0.545. The molecular weight excluding hydrogens is 353 g/mol. The number of rotatable bonds is 10. The van der Waals surface area contributed by atoms with Gasteiger partial charge in [-0.1, -0.05) is 43.6 Å². The molecule has 0 aliphatic carbocycles. The van der Waals surface area contributed by atoms with Gasteiger partial charge in [0.05, 0.1) is 11.6 Å². The van der Waals surface area contributed by atoms with Gasteiger partial charge in [0, 0.05) is 12.1 Å². The fourth-order valence-corrected chi connectivity index (χ4v) is 2.80. The molecule has 0 atom stereocenters. The molecule has 0 spiro atoms. The molecule has 1 N–H and O–H groups in total. The van der Waals surface area contributed by atoms with Crippen LogP contribution in [0.3, 0.4) is 0 Å². The molecule has 0 saturated carbocycles. The molecule has 142 valence electrons. The SMILES string of the molecule is CCOc1cc(CNCCC(C)C)cc(Cl)c1OCc1ccccc1F. The Bertz CT molecular complexity index is 706. The smallest absolute Gasteiger partial charge is 0.180 e. The molecule has 0 fully saturated rings. The van der Waals surface area contributed by atoms with Crippen LogP contribution < -0.4 is 14.8 Å². The van der Waals surface area contributed by atoms with Crippen molar-refractivity contribution in [2.75, 3.05) is 13.2 Å². The van der Waals surface area contributed by atoms with Crippen LogP contribution in [-0.4, -0.2) is 13.2 Å². The maximum Gasteiger partial charge on any atom is 0.180 e. The highest BCUT2D eigenvalue weighted by Crippen LogP contribution is 2.37. The molecule has 2 aromatic rings. The second kappa shape index (κ2) is 10.4. The van der Waals surface area contributed by atoms with E-state index in [2.05, 4.69) is 19.2 Å². The summed E-state index contributed by atoms with van der Waals surface area (Å²) in [4.78, 5) is 0. The lowest BCUT2D eigenvalue weighted by molar-refractivity contribution is 0.266. The van der Waals surface area contributed by atoms with Gasteiger partial charge in [-0.05, 0) is 49.6 Å². The second-order valence-electron chi connectivity index (χ2n) is 6.58. The second-order valence-corrected chi connectivity index (χ2v) is 6.98. The zero-order valence-corrected chi connectivity index (χ0v) is 16.4. The number of ether oxygens (including phenoxy) is 2. The molecule has 2 rings (SSSR count). The van der Waals surface area contributed by atoms with Crippen molar-refractivity contribution >= 4 is 11.6 Å². The summed E-state index contributed by atoms with van der Waals surface area (Å²) < 4.78 is 25.3. The van der Waals surface area contributed by atoms with Crippen LogP contribution in [0.4, 0.5) is 4.39 Å². The van der Waals surface area contributed by atoms with Gasteiger partial charge in [-0.3, -0.25) is 0 Å². The maximum atomic E-state index is 13.8. The molecule has 3 nitrogen and oxygen atoms in total. The third-order valence-electron chi connectivity index (χ3n) is 3.93. The number of hydrogen-bond donors (Lipinski definition) is 1. The van der Waals surface area contributed by atoms with E-state index >= 15 is 0 Å². The van der Waals surface area contributed by atoms with Gasteiger partial charge >= 0.3 is 0 Å². The molecule has 0 aromatic heterocycles. The Balaban J connectivity index is 2.09. The summed E-state index contributed by atoms with van der Waals surface area (Å²) in [6.07, 6.45) is 1.12. The van der Waals surface area contributed by atoms with Crippen molar-refractivity contribution in [1.29, 1.82) is 0 Å². The number of benzene rings is 2. The molecule has 0 heterocycles. The van der Waals surface area contributed by atoms with Gasteiger partial charge in [-0.2, -0.15) is 0 Å². The monoisotopic (exact) mass is 379 g/mol. The fraction of sp³-hybridized carbons (Fsp3) is 0.429. The van der Waals surface area contributed by atoms with Crippen LogP contribution in [0.2, 0.25) is 5.02 Å². The fourth-order valence-electron chi connectivity index (χ4n) is 2.52. The molecule has 0 unspecified atom stereocenters. The lowest BCUT2D eigenvalue weighted by Crippen LogP contribution is -2.16. The van der Waals surface area contributed by atoms with E-state index in [1.54, 1.807) is 18.2 Å². The van der Waals surface area contributed by atoms with E-state index in [0.29, 0.717) is 41.2 Å². The van der Waals surface area contributed by atoms with Crippen molar-refractivity contribution in [2.45, 2.75) is 40.3 Å². The van der Waals surface area contributed by atoms with E-state index in [1.807, 2.05) is 19.1 Å². The van der Waals surface area contributed by atoms with E-state index in [0.717, 1.165) is 18.5 Å². The highest BCUT2D eigenvalue weighted by Gasteiger charge is 2.14. The van der Waals surface area contributed by atoms with Crippen LogP contribution in [0.25, 0.3) is 0 Å². The summed E-state index contributed by atoms with van der Waals surface area (Å²) in [6.45, 7) is 8.56. The Labute approximate surface area is 160 Å². The van der Waals surface area contributed by atoms with Gasteiger partial charge < -0.3 is 14.8 Å². The van der Waals surface area contributed by atoms with Crippen molar-refractivity contribution in [3.63, 3.8) is 0 Å². The number of nitrogens with one attached hydrogen (secondary N) is 1. The van der Waals surface area contributed by atoms with Gasteiger partial charge in [0.1, 0.15) is 12.4 Å². The maximum absolute atomic E-state index is 13.8. The van der Waals surface area contributed by atoms with E-state index in [1.165, 1.54) is 6.07 Å². The molecule has 0 aliphatic heterocycles.